The molecule has 7 heteroatoms. The molecule has 122 valence electrons. The Hall–Kier alpha value is -0.420. The van der Waals surface area contributed by atoms with Crippen LogP contribution in [0.1, 0.15) is 64.7 Å². The van der Waals surface area contributed by atoms with Crippen LogP contribution in [0.5, 0.6) is 0 Å². The predicted molar refractivity (Wildman–Crippen MR) is 78.7 cm³/mol. The first kappa shape index (κ1) is 21.9. The Morgan fingerprint density at radius 3 is 2.00 bits per heavy atom. The summed E-state index contributed by atoms with van der Waals surface area (Å²) < 4.78 is 15.4. The predicted octanol–water partition coefficient (Wildman–Crippen LogP) is 2.41. The number of unbranched alkanes of at least 4 members (excludes halogenated alkanes) is 7. The third kappa shape index (κ3) is 17.6. The fourth-order valence-corrected chi connectivity index (χ4v) is 2.20. The highest BCUT2D eigenvalue weighted by atomic mass is 31.2. The minimum absolute atomic E-state index is 0. The van der Waals surface area contributed by atoms with Gasteiger partial charge in [-0.15, -0.1) is 0 Å². The Kier molecular flexibility index (Phi) is 14.8. The Morgan fingerprint density at radius 2 is 1.50 bits per heavy atom. The van der Waals surface area contributed by atoms with E-state index in [0.717, 1.165) is 19.3 Å². The molecular formula is C13H29O6P. The van der Waals surface area contributed by atoms with Crippen molar-refractivity contribution >= 4 is 13.6 Å². The van der Waals surface area contributed by atoms with Gasteiger partial charge >= 0.3 is 13.6 Å². The highest BCUT2D eigenvalue weighted by Crippen LogP contribution is 2.34. The zero-order valence-electron chi connectivity index (χ0n) is 12.3. The normalized spacial score (nSPS) is 10.9. The number of rotatable bonds is 12. The molecule has 0 atom stereocenters. The molecule has 0 spiro atoms. The van der Waals surface area contributed by atoms with Crippen LogP contribution in [0.15, 0.2) is 0 Å². The second kappa shape index (κ2) is 13.6. The van der Waals surface area contributed by atoms with Gasteiger partial charge < -0.3 is 20.0 Å². The van der Waals surface area contributed by atoms with Gasteiger partial charge in [-0.25, -0.2) is 0 Å². The molecule has 0 aromatic heterocycles. The first-order valence-electron chi connectivity index (χ1n) is 7.16. The van der Waals surface area contributed by atoms with E-state index >= 15 is 0 Å². The van der Waals surface area contributed by atoms with E-state index in [4.69, 9.17) is 14.5 Å². The van der Waals surface area contributed by atoms with Crippen LogP contribution in [0.4, 0.5) is 0 Å². The molecular weight excluding hydrogens is 283 g/mol. The van der Waals surface area contributed by atoms with Crippen molar-refractivity contribution in [2.24, 2.45) is 0 Å². The van der Waals surface area contributed by atoms with Crippen molar-refractivity contribution in [3.8, 4) is 0 Å². The van der Waals surface area contributed by atoms with Crippen LogP contribution < -0.4 is 0 Å². The minimum Gasteiger partial charge on any atom is -0.466 e. The van der Waals surface area contributed by atoms with E-state index in [1.807, 2.05) is 0 Å². The molecule has 0 aromatic rings. The Labute approximate surface area is 121 Å². The van der Waals surface area contributed by atoms with Gasteiger partial charge in [0.05, 0.1) is 19.2 Å². The number of ether oxygens (including phenoxy) is 1. The maximum absolute atomic E-state index is 11.1. The zero-order chi connectivity index (χ0) is 14.6. The maximum atomic E-state index is 11.1. The summed E-state index contributed by atoms with van der Waals surface area (Å²) in [5, 5.41) is 0. The SMILES string of the molecule is CCCCCCCCCCOC(=O)CCP(=O)(O)O.O. The van der Waals surface area contributed by atoms with E-state index in [1.54, 1.807) is 0 Å². The van der Waals surface area contributed by atoms with E-state index in [1.165, 1.54) is 32.1 Å². The van der Waals surface area contributed by atoms with Gasteiger partial charge in [0.1, 0.15) is 0 Å². The third-order valence-corrected chi connectivity index (χ3v) is 3.67. The maximum Gasteiger partial charge on any atom is 0.326 e. The Bertz CT molecular complexity index is 276. The van der Waals surface area contributed by atoms with E-state index in [-0.39, 0.29) is 11.9 Å². The molecule has 0 fully saturated rings. The molecule has 0 saturated heterocycles. The molecule has 0 aliphatic carbocycles. The molecule has 0 heterocycles. The average molecular weight is 312 g/mol. The summed E-state index contributed by atoms with van der Waals surface area (Å²) in [6.45, 7) is 2.55. The zero-order valence-corrected chi connectivity index (χ0v) is 13.2. The number of carbonyl (C=O) groups is 1. The van der Waals surface area contributed by atoms with Crippen LogP contribution in [0.2, 0.25) is 0 Å². The molecule has 0 aliphatic rings. The molecule has 0 bridgehead atoms. The van der Waals surface area contributed by atoms with Gasteiger partial charge in [0.15, 0.2) is 0 Å². The molecule has 0 unspecified atom stereocenters. The van der Waals surface area contributed by atoms with Gasteiger partial charge in [-0.3, -0.25) is 9.36 Å². The smallest absolute Gasteiger partial charge is 0.326 e. The van der Waals surface area contributed by atoms with Crippen LogP contribution in [-0.2, 0) is 14.1 Å². The average Bonchev–Trinajstić information content (AvgIpc) is 2.33. The molecule has 4 N–H and O–H groups in total. The van der Waals surface area contributed by atoms with Crippen molar-refractivity contribution in [1.29, 1.82) is 0 Å². The summed E-state index contributed by atoms with van der Waals surface area (Å²) in [6.07, 6.45) is 8.75. The summed E-state index contributed by atoms with van der Waals surface area (Å²) in [7, 11) is -4.08. The first-order valence-corrected chi connectivity index (χ1v) is 8.95. The van der Waals surface area contributed by atoms with Crippen LogP contribution in [-0.4, -0.2) is 34.0 Å². The van der Waals surface area contributed by atoms with Gasteiger partial charge in [-0.2, -0.15) is 0 Å². The second-order valence-electron chi connectivity index (χ2n) is 4.83. The quantitative estimate of drug-likeness (QED) is 0.326. The number of carbonyl (C=O) groups excluding carboxylic acids is 1. The second-order valence-corrected chi connectivity index (χ2v) is 6.61. The van der Waals surface area contributed by atoms with Crippen molar-refractivity contribution in [3.05, 3.63) is 0 Å². The largest absolute Gasteiger partial charge is 0.466 e. The molecule has 0 radical (unpaired) electrons. The standard InChI is InChI=1S/C13H27O5P.H2O/c1-2-3-4-5-6-7-8-9-11-18-13(14)10-12-19(15,16)17;/h2-12H2,1H3,(H2,15,16,17);1H2. The minimum atomic E-state index is -4.08. The lowest BCUT2D eigenvalue weighted by Gasteiger charge is -2.06. The van der Waals surface area contributed by atoms with E-state index < -0.39 is 19.7 Å². The number of esters is 1. The van der Waals surface area contributed by atoms with Crippen molar-refractivity contribution < 1.29 is 29.4 Å². The van der Waals surface area contributed by atoms with E-state index in [2.05, 4.69) is 6.92 Å². The van der Waals surface area contributed by atoms with Gasteiger partial charge in [-0.05, 0) is 6.42 Å². The van der Waals surface area contributed by atoms with Crippen LogP contribution >= 0.6 is 7.60 Å². The molecule has 0 saturated carbocycles. The Balaban J connectivity index is 0. The Morgan fingerprint density at radius 1 is 1.00 bits per heavy atom. The molecule has 0 aliphatic heterocycles. The fourth-order valence-electron chi connectivity index (χ4n) is 1.73. The van der Waals surface area contributed by atoms with E-state index in [9.17, 15) is 9.36 Å². The fraction of sp³-hybridized carbons (Fsp3) is 0.923. The third-order valence-electron chi connectivity index (χ3n) is 2.87. The lowest BCUT2D eigenvalue weighted by molar-refractivity contribution is -0.143. The first-order chi connectivity index (χ1) is 8.95. The van der Waals surface area contributed by atoms with Crippen molar-refractivity contribution in [3.63, 3.8) is 0 Å². The topological polar surface area (TPSA) is 115 Å². The lowest BCUT2D eigenvalue weighted by atomic mass is 10.1. The summed E-state index contributed by atoms with van der Waals surface area (Å²) in [6, 6.07) is 0. The van der Waals surface area contributed by atoms with Crippen LogP contribution in [0.25, 0.3) is 0 Å². The lowest BCUT2D eigenvalue weighted by Crippen LogP contribution is -2.08. The van der Waals surface area contributed by atoms with Crippen LogP contribution in [0, 0.1) is 0 Å². The summed E-state index contributed by atoms with van der Waals surface area (Å²) in [4.78, 5) is 28.3. The highest BCUT2D eigenvalue weighted by Gasteiger charge is 2.15. The highest BCUT2D eigenvalue weighted by molar-refractivity contribution is 7.51. The van der Waals surface area contributed by atoms with Gasteiger partial charge in [-0.1, -0.05) is 51.9 Å². The van der Waals surface area contributed by atoms with Crippen molar-refractivity contribution in [1.82, 2.24) is 0 Å². The summed E-state index contributed by atoms with van der Waals surface area (Å²) in [5.74, 6) is -0.522. The van der Waals surface area contributed by atoms with Crippen LogP contribution in [0.3, 0.4) is 0 Å². The van der Waals surface area contributed by atoms with Gasteiger partial charge in [0.2, 0.25) is 0 Å². The van der Waals surface area contributed by atoms with Gasteiger partial charge in [0, 0.05) is 0 Å². The van der Waals surface area contributed by atoms with Crippen molar-refractivity contribution in [2.45, 2.75) is 64.7 Å². The molecule has 20 heavy (non-hydrogen) atoms. The summed E-state index contributed by atoms with van der Waals surface area (Å²) in [5.41, 5.74) is 0. The molecule has 6 nitrogen and oxygen atoms in total. The van der Waals surface area contributed by atoms with E-state index in [0.29, 0.717) is 6.61 Å². The monoisotopic (exact) mass is 312 g/mol. The summed E-state index contributed by atoms with van der Waals surface area (Å²) >= 11 is 0. The number of hydrogen-bond donors (Lipinski definition) is 2. The van der Waals surface area contributed by atoms with Crippen molar-refractivity contribution in [2.75, 3.05) is 12.8 Å². The molecule has 0 rings (SSSR count). The number of hydrogen-bond acceptors (Lipinski definition) is 3. The molecule has 0 amide bonds. The molecule has 0 aromatic carbocycles. The van der Waals surface area contributed by atoms with Gasteiger partial charge in [0.25, 0.3) is 0 Å².